The van der Waals surface area contributed by atoms with Crippen LogP contribution in [-0.2, 0) is 0 Å². The lowest BCUT2D eigenvalue weighted by Crippen LogP contribution is -2.32. The molecule has 0 heterocycles. The van der Waals surface area contributed by atoms with Crippen LogP contribution in [-0.4, -0.2) is 34.2 Å². The molecule has 0 aliphatic rings. The van der Waals surface area contributed by atoms with Gasteiger partial charge in [0.15, 0.2) is 0 Å². The van der Waals surface area contributed by atoms with Crippen molar-refractivity contribution in [2.75, 3.05) is 18.4 Å². The Balaban J connectivity index is 3.08. The zero-order valence-electron chi connectivity index (χ0n) is 10.4. The molecule has 0 spiro atoms. The summed E-state index contributed by atoms with van der Waals surface area (Å²) in [6.07, 6.45) is 0. The van der Waals surface area contributed by atoms with Crippen molar-refractivity contribution in [2.45, 2.75) is 13.8 Å². The van der Waals surface area contributed by atoms with Gasteiger partial charge in [-0.2, -0.15) is 0 Å². The van der Waals surface area contributed by atoms with Crippen LogP contribution in [0.3, 0.4) is 0 Å². The van der Waals surface area contributed by atoms with Crippen LogP contribution < -0.4 is 0 Å². The molecular formula is C12H15BrN2O3. The molecule has 0 fully saturated rings. The van der Waals surface area contributed by atoms with Crippen molar-refractivity contribution in [1.29, 1.82) is 0 Å². The maximum atomic E-state index is 12.2. The zero-order chi connectivity index (χ0) is 13.7. The zero-order valence-corrected chi connectivity index (χ0v) is 11.9. The van der Waals surface area contributed by atoms with E-state index in [1.165, 1.54) is 12.1 Å². The summed E-state index contributed by atoms with van der Waals surface area (Å²) in [5, 5.41) is 11.4. The smallest absolute Gasteiger partial charge is 0.270 e. The van der Waals surface area contributed by atoms with Crippen LogP contribution in [0.4, 0.5) is 5.69 Å². The summed E-state index contributed by atoms with van der Waals surface area (Å²) in [5.74, 6) is -0.177. The number of benzene rings is 1. The molecule has 1 rings (SSSR count). The highest BCUT2D eigenvalue weighted by Gasteiger charge is 2.17. The average molecular weight is 315 g/mol. The molecule has 0 aliphatic carbocycles. The number of hydrogen-bond acceptors (Lipinski definition) is 3. The largest absolute Gasteiger partial charge is 0.338 e. The standard InChI is InChI=1S/C12H15BrN2O3/c1-3-14(5-4-13)12(16)10-6-9(2)7-11(8-10)15(17)18/h6-8H,3-5H2,1-2H3. The number of nitro groups is 1. The number of nitrogens with zero attached hydrogens (tertiary/aromatic N) is 2. The van der Waals surface area contributed by atoms with Crippen LogP contribution in [0, 0.1) is 17.0 Å². The Bertz CT molecular complexity index is 463. The number of carbonyl (C=O) groups is 1. The molecule has 0 radical (unpaired) electrons. The lowest BCUT2D eigenvalue weighted by molar-refractivity contribution is -0.384. The molecule has 1 aromatic rings. The van der Waals surface area contributed by atoms with E-state index in [9.17, 15) is 14.9 Å². The van der Waals surface area contributed by atoms with E-state index in [-0.39, 0.29) is 11.6 Å². The highest BCUT2D eigenvalue weighted by Crippen LogP contribution is 2.18. The van der Waals surface area contributed by atoms with Gasteiger partial charge in [-0.25, -0.2) is 0 Å². The lowest BCUT2D eigenvalue weighted by atomic mass is 10.1. The van der Waals surface area contributed by atoms with Crippen molar-refractivity contribution in [2.24, 2.45) is 0 Å². The quantitative estimate of drug-likeness (QED) is 0.477. The monoisotopic (exact) mass is 314 g/mol. The third-order valence-corrected chi connectivity index (χ3v) is 2.90. The number of nitro benzene ring substituents is 1. The van der Waals surface area contributed by atoms with Gasteiger partial charge in [0.1, 0.15) is 0 Å². The van der Waals surface area contributed by atoms with E-state index in [1.54, 1.807) is 17.9 Å². The molecule has 0 aliphatic heterocycles. The number of alkyl halides is 1. The van der Waals surface area contributed by atoms with E-state index < -0.39 is 4.92 Å². The van der Waals surface area contributed by atoms with Gasteiger partial charge in [0.05, 0.1) is 4.92 Å². The predicted octanol–water partition coefficient (Wildman–Crippen LogP) is 2.76. The molecule has 98 valence electrons. The fraction of sp³-hybridized carbons (Fsp3) is 0.417. The molecule has 0 bridgehead atoms. The maximum absolute atomic E-state index is 12.2. The van der Waals surface area contributed by atoms with Gasteiger partial charge in [0.2, 0.25) is 0 Å². The van der Waals surface area contributed by atoms with Gasteiger partial charge >= 0.3 is 0 Å². The number of halogens is 1. The molecule has 18 heavy (non-hydrogen) atoms. The Morgan fingerprint density at radius 3 is 2.61 bits per heavy atom. The summed E-state index contributed by atoms with van der Waals surface area (Å²) in [6, 6.07) is 4.45. The Morgan fingerprint density at radius 2 is 2.11 bits per heavy atom. The SMILES string of the molecule is CCN(CCBr)C(=O)c1cc(C)cc([N+](=O)[O-])c1. The van der Waals surface area contributed by atoms with Crippen molar-refractivity contribution in [3.63, 3.8) is 0 Å². The van der Waals surface area contributed by atoms with Gasteiger partial charge in [0, 0.05) is 36.1 Å². The van der Waals surface area contributed by atoms with Crippen LogP contribution >= 0.6 is 15.9 Å². The second-order valence-corrected chi connectivity index (χ2v) is 4.68. The normalized spacial score (nSPS) is 10.2. The molecule has 1 aromatic carbocycles. The topological polar surface area (TPSA) is 63.5 Å². The highest BCUT2D eigenvalue weighted by molar-refractivity contribution is 9.09. The van der Waals surface area contributed by atoms with E-state index >= 15 is 0 Å². The number of hydrogen-bond donors (Lipinski definition) is 0. The van der Waals surface area contributed by atoms with Gasteiger partial charge in [-0.1, -0.05) is 15.9 Å². The minimum absolute atomic E-state index is 0.0479. The van der Waals surface area contributed by atoms with Crippen molar-refractivity contribution >= 4 is 27.5 Å². The Hall–Kier alpha value is -1.43. The lowest BCUT2D eigenvalue weighted by Gasteiger charge is -2.19. The van der Waals surface area contributed by atoms with E-state index in [0.717, 1.165) is 0 Å². The summed E-state index contributed by atoms with van der Waals surface area (Å²) in [4.78, 5) is 24.1. The minimum Gasteiger partial charge on any atom is -0.338 e. The van der Waals surface area contributed by atoms with Gasteiger partial charge in [-0.3, -0.25) is 14.9 Å². The summed E-state index contributed by atoms with van der Waals surface area (Å²) >= 11 is 3.28. The first-order valence-electron chi connectivity index (χ1n) is 5.61. The summed E-state index contributed by atoms with van der Waals surface area (Å²) in [6.45, 7) is 4.78. The summed E-state index contributed by atoms with van der Waals surface area (Å²) < 4.78 is 0. The van der Waals surface area contributed by atoms with E-state index in [0.29, 0.717) is 29.5 Å². The fourth-order valence-corrected chi connectivity index (χ4v) is 2.11. The van der Waals surface area contributed by atoms with Gasteiger partial charge in [-0.15, -0.1) is 0 Å². The van der Waals surface area contributed by atoms with Crippen molar-refractivity contribution in [3.8, 4) is 0 Å². The first-order chi connectivity index (χ1) is 8.49. The van der Waals surface area contributed by atoms with E-state index in [4.69, 9.17) is 0 Å². The van der Waals surface area contributed by atoms with E-state index in [1.807, 2.05) is 6.92 Å². The molecule has 0 saturated carbocycles. The molecule has 0 unspecified atom stereocenters. The Morgan fingerprint density at radius 1 is 1.44 bits per heavy atom. The fourth-order valence-electron chi connectivity index (χ4n) is 1.68. The molecule has 0 N–H and O–H groups in total. The summed E-state index contributed by atoms with van der Waals surface area (Å²) in [5.41, 5.74) is 1.03. The predicted molar refractivity (Wildman–Crippen MR) is 73.2 cm³/mol. The van der Waals surface area contributed by atoms with Crippen LogP contribution in [0.15, 0.2) is 18.2 Å². The Labute approximate surface area is 114 Å². The maximum Gasteiger partial charge on any atom is 0.270 e. The second-order valence-electron chi connectivity index (χ2n) is 3.89. The Kier molecular flexibility index (Phi) is 5.27. The molecule has 0 atom stereocenters. The average Bonchev–Trinajstić information content (AvgIpc) is 2.34. The van der Waals surface area contributed by atoms with Crippen LogP contribution in [0.1, 0.15) is 22.8 Å². The molecular weight excluding hydrogens is 300 g/mol. The van der Waals surface area contributed by atoms with Crippen LogP contribution in [0.5, 0.6) is 0 Å². The van der Waals surface area contributed by atoms with Crippen LogP contribution in [0.25, 0.3) is 0 Å². The third-order valence-electron chi connectivity index (χ3n) is 2.54. The number of rotatable bonds is 5. The van der Waals surface area contributed by atoms with Crippen molar-refractivity contribution in [3.05, 3.63) is 39.4 Å². The number of non-ortho nitro benzene ring substituents is 1. The van der Waals surface area contributed by atoms with Gasteiger partial charge in [0.25, 0.3) is 11.6 Å². The highest BCUT2D eigenvalue weighted by atomic mass is 79.9. The minimum atomic E-state index is -0.482. The first kappa shape index (κ1) is 14.6. The third kappa shape index (κ3) is 3.53. The second kappa shape index (κ2) is 6.49. The molecule has 6 heteroatoms. The van der Waals surface area contributed by atoms with Gasteiger partial charge < -0.3 is 4.90 Å². The number of amides is 1. The van der Waals surface area contributed by atoms with Gasteiger partial charge in [-0.05, 0) is 25.5 Å². The molecule has 5 nitrogen and oxygen atoms in total. The number of carbonyl (C=O) groups excluding carboxylic acids is 1. The van der Waals surface area contributed by atoms with E-state index in [2.05, 4.69) is 15.9 Å². The molecule has 0 aromatic heterocycles. The summed E-state index contributed by atoms with van der Waals surface area (Å²) in [7, 11) is 0. The van der Waals surface area contributed by atoms with Crippen molar-refractivity contribution < 1.29 is 9.72 Å². The first-order valence-corrected chi connectivity index (χ1v) is 6.73. The van der Waals surface area contributed by atoms with Crippen LogP contribution in [0.2, 0.25) is 0 Å². The molecule has 1 amide bonds. The number of aryl methyl sites for hydroxylation is 1. The van der Waals surface area contributed by atoms with Crippen molar-refractivity contribution in [1.82, 2.24) is 4.90 Å². The molecule has 0 saturated heterocycles.